The molecule has 12 nitrogen and oxygen atoms in total. The number of carboxylic acids is 1. The molecule has 0 saturated carbocycles. The van der Waals surface area contributed by atoms with Crippen LogP contribution in [-0.4, -0.2) is 105 Å². The average Bonchev–Trinajstić information content (AvgIpc) is 2.71. The van der Waals surface area contributed by atoms with Crippen LogP contribution >= 0.6 is 11.8 Å². The van der Waals surface area contributed by atoms with E-state index in [0.717, 1.165) is 0 Å². The summed E-state index contributed by atoms with van der Waals surface area (Å²) < 4.78 is 25.6. The molecule has 0 heterocycles. The van der Waals surface area contributed by atoms with Crippen LogP contribution in [-0.2, 0) is 42.9 Å². The van der Waals surface area contributed by atoms with E-state index in [-0.39, 0.29) is 32.1 Å². The topological polar surface area (TPSA) is 173 Å². The fourth-order valence-corrected chi connectivity index (χ4v) is 3.01. The largest absolute Gasteiger partial charge is 0.481 e. The summed E-state index contributed by atoms with van der Waals surface area (Å²) in [6.45, 7) is 4.54. The zero-order valence-electron chi connectivity index (χ0n) is 18.5. The second kappa shape index (κ2) is 19.7. The van der Waals surface area contributed by atoms with E-state index in [0.29, 0.717) is 44.5 Å². The van der Waals surface area contributed by atoms with E-state index in [1.807, 2.05) is 0 Å². The van der Waals surface area contributed by atoms with E-state index < -0.39 is 30.1 Å². The van der Waals surface area contributed by atoms with E-state index >= 15 is 0 Å². The molecule has 13 heteroatoms. The molecule has 0 saturated heterocycles. The number of hydrogen-bond donors (Lipinski definition) is 3. The highest BCUT2D eigenvalue weighted by atomic mass is 32.2. The van der Waals surface area contributed by atoms with Crippen LogP contribution in [0.3, 0.4) is 0 Å². The van der Waals surface area contributed by atoms with Crippen molar-refractivity contribution in [1.29, 1.82) is 0 Å². The van der Waals surface area contributed by atoms with Crippen molar-refractivity contribution < 1.29 is 48.0 Å². The minimum absolute atomic E-state index is 0.0396. The van der Waals surface area contributed by atoms with Gasteiger partial charge in [-0.2, -0.15) is 11.8 Å². The van der Waals surface area contributed by atoms with Crippen LogP contribution in [0.15, 0.2) is 0 Å². The summed E-state index contributed by atoms with van der Waals surface area (Å²) >= 11 is 1.31. The lowest BCUT2D eigenvalue weighted by Crippen LogP contribution is -2.43. The lowest BCUT2D eigenvalue weighted by atomic mass is 10.3. The minimum atomic E-state index is -0.907. The molecule has 1 amide bonds. The van der Waals surface area contributed by atoms with Crippen molar-refractivity contribution in [1.82, 2.24) is 5.32 Å². The van der Waals surface area contributed by atoms with Crippen molar-refractivity contribution in [2.75, 3.05) is 64.3 Å². The van der Waals surface area contributed by atoms with Gasteiger partial charge in [-0.15, -0.1) is 0 Å². The zero-order chi connectivity index (χ0) is 24.2. The molecule has 0 radical (unpaired) electrons. The molecule has 0 spiro atoms. The number of carbonyl (C=O) groups is 4. The van der Waals surface area contributed by atoms with Crippen LogP contribution in [0.4, 0.5) is 0 Å². The van der Waals surface area contributed by atoms with Crippen LogP contribution in [0, 0.1) is 0 Å². The molecule has 0 aliphatic carbocycles. The molecule has 0 aromatic heterocycles. The Labute approximate surface area is 191 Å². The number of hydrogen-bond acceptors (Lipinski definition) is 11. The van der Waals surface area contributed by atoms with Crippen molar-refractivity contribution in [2.24, 2.45) is 5.73 Å². The summed E-state index contributed by atoms with van der Waals surface area (Å²) in [6.07, 6.45) is -0.647. The Morgan fingerprint density at radius 1 is 0.906 bits per heavy atom. The second-order valence-corrected chi connectivity index (χ2v) is 7.52. The van der Waals surface area contributed by atoms with Crippen molar-refractivity contribution in [3.05, 3.63) is 0 Å². The van der Waals surface area contributed by atoms with Gasteiger partial charge < -0.3 is 39.8 Å². The Kier molecular flexibility index (Phi) is 18.5. The van der Waals surface area contributed by atoms with Crippen LogP contribution in [0.2, 0.25) is 0 Å². The third-order valence-corrected chi connectivity index (χ3v) is 4.70. The van der Waals surface area contributed by atoms with E-state index in [2.05, 4.69) is 5.32 Å². The summed E-state index contributed by atoms with van der Waals surface area (Å²) in [5.74, 6) is -1.57. The Balaban J connectivity index is 3.71. The predicted molar refractivity (Wildman–Crippen MR) is 115 cm³/mol. The standard InChI is InChI=1S/C19H34N2O10S/c1-14(22)30-11-16(31-15(2)23)12-32-13-17(20)19(26)21-4-6-28-8-10-29-9-7-27-5-3-18(24)25/h16-17H,3-13,20H2,1-2H3,(H,21,26)(H,24,25). The van der Waals surface area contributed by atoms with Crippen LogP contribution < -0.4 is 11.1 Å². The molecule has 4 N–H and O–H groups in total. The Morgan fingerprint density at radius 2 is 1.50 bits per heavy atom. The lowest BCUT2D eigenvalue weighted by molar-refractivity contribution is -0.154. The number of carboxylic acid groups (broad SMARTS) is 1. The zero-order valence-corrected chi connectivity index (χ0v) is 19.4. The van der Waals surface area contributed by atoms with Crippen LogP contribution in [0.5, 0.6) is 0 Å². The lowest BCUT2D eigenvalue weighted by Gasteiger charge is -2.17. The van der Waals surface area contributed by atoms with E-state index in [9.17, 15) is 19.2 Å². The van der Waals surface area contributed by atoms with Crippen molar-refractivity contribution in [2.45, 2.75) is 32.4 Å². The number of rotatable bonds is 20. The molecular weight excluding hydrogens is 448 g/mol. The maximum absolute atomic E-state index is 12.0. The smallest absolute Gasteiger partial charge is 0.305 e. The van der Waals surface area contributed by atoms with Gasteiger partial charge in [-0.3, -0.25) is 19.2 Å². The first-order valence-electron chi connectivity index (χ1n) is 10.1. The van der Waals surface area contributed by atoms with Crippen molar-refractivity contribution >= 4 is 35.6 Å². The summed E-state index contributed by atoms with van der Waals surface area (Å²) in [7, 11) is 0. The Hall–Kier alpha value is -1.93. The number of nitrogens with two attached hydrogens (primary N) is 1. The Bertz CT molecular complexity index is 564. The van der Waals surface area contributed by atoms with Gasteiger partial charge in [0.15, 0.2) is 0 Å². The first-order chi connectivity index (χ1) is 15.2. The molecule has 32 heavy (non-hydrogen) atoms. The summed E-state index contributed by atoms with van der Waals surface area (Å²) in [5.41, 5.74) is 5.84. The van der Waals surface area contributed by atoms with Gasteiger partial charge in [-0.1, -0.05) is 0 Å². The normalized spacial score (nSPS) is 12.6. The highest BCUT2D eigenvalue weighted by molar-refractivity contribution is 7.99. The first-order valence-corrected chi connectivity index (χ1v) is 11.2. The van der Waals surface area contributed by atoms with Gasteiger partial charge in [0.2, 0.25) is 5.91 Å². The molecule has 0 aliphatic rings. The summed E-state index contributed by atoms with van der Waals surface area (Å²) in [5, 5.41) is 11.1. The fraction of sp³-hybridized carbons (Fsp3) is 0.789. The second-order valence-electron chi connectivity index (χ2n) is 6.45. The van der Waals surface area contributed by atoms with Gasteiger partial charge in [0.05, 0.1) is 52.1 Å². The summed E-state index contributed by atoms with van der Waals surface area (Å²) in [6, 6.07) is -0.754. The van der Waals surface area contributed by atoms with Crippen LogP contribution in [0.1, 0.15) is 20.3 Å². The van der Waals surface area contributed by atoms with Gasteiger partial charge >= 0.3 is 17.9 Å². The van der Waals surface area contributed by atoms with E-state index in [4.69, 9.17) is 34.5 Å². The number of ether oxygens (including phenoxy) is 5. The molecule has 0 rings (SSSR count). The molecule has 0 aromatic carbocycles. The quantitative estimate of drug-likeness (QED) is 0.146. The first kappa shape index (κ1) is 30.1. The molecule has 186 valence electrons. The third-order valence-electron chi connectivity index (χ3n) is 3.49. The monoisotopic (exact) mass is 482 g/mol. The van der Waals surface area contributed by atoms with E-state index in [1.54, 1.807) is 0 Å². The predicted octanol–water partition coefficient (Wildman–Crippen LogP) is -0.818. The van der Waals surface area contributed by atoms with Gasteiger partial charge in [0.1, 0.15) is 12.7 Å². The number of amides is 1. The molecule has 2 atom stereocenters. The van der Waals surface area contributed by atoms with Crippen molar-refractivity contribution in [3.63, 3.8) is 0 Å². The molecule has 0 fully saturated rings. The molecule has 0 aromatic rings. The van der Waals surface area contributed by atoms with Crippen LogP contribution in [0.25, 0.3) is 0 Å². The molecule has 2 unspecified atom stereocenters. The number of aliphatic carboxylic acids is 1. The number of esters is 2. The molecule has 0 bridgehead atoms. The minimum Gasteiger partial charge on any atom is -0.481 e. The third kappa shape index (κ3) is 20.0. The maximum atomic E-state index is 12.0. The SMILES string of the molecule is CC(=O)OCC(CSCC(N)C(=O)NCCOCCOCCOCCC(=O)O)OC(C)=O. The Morgan fingerprint density at radius 3 is 2.06 bits per heavy atom. The number of thioether (sulfide) groups is 1. The number of nitrogens with one attached hydrogen (secondary N) is 1. The fourth-order valence-electron chi connectivity index (χ4n) is 2.04. The molecule has 0 aliphatic heterocycles. The van der Waals surface area contributed by atoms with Gasteiger partial charge in [-0.05, 0) is 0 Å². The van der Waals surface area contributed by atoms with Crippen molar-refractivity contribution in [3.8, 4) is 0 Å². The maximum Gasteiger partial charge on any atom is 0.305 e. The van der Waals surface area contributed by atoms with Gasteiger partial charge in [0.25, 0.3) is 0 Å². The highest BCUT2D eigenvalue weighted by Crippen LogP contribution is 2.08. The van der Waals surface area contributed by atoms with E-state index in [1.165, 1.54) is 25.6 Å². The average molecular weight is 483 g/mol. The number of carbonyl (C=O) groups excluding carboxylic acids is 3. The summed E-state index contributed by atoms with van der Waals surface area (Å²) in [4.78, 5) is 44.3. The van der Waals surface area contributed by atoms with Gasteiger partial charge in [-0.25, -0.2) is 0 Å². The van der Waals surface area contributed by atoms with Gasteiger partial charge in [0, 0.05) is 31.9 Å². The highest BCUT2D eigenvalue weighted by Gasteiger charge is 2.17. The molecular formula is C19H34N2O10S.